The molecule has 0 aliphatic carbocycles. The summed E-state index contributed by atoms with van der Waals surface area (Å²) in [4.78, 5) is 7.54. The molecule has 0 saturated heterocycles. The number of rotatable bonds is 1. The molecule has 0 unspecified atom stereocenters. The van der Waals surface area contributed by atoms with Gasteiger partial charge in [-0.3, -0.25) is 9.98 Å². The second-order valence-corrected chi connectivity index (χ2v) is 1.42. The molecule has 0 aliphatic heterocycles. The molecule has 0 aromatic carbocycles. The largest absolute Gasteiger partial charge is 0.383 e. The van der Waals surface area contributed by atoms with Crippen LogP contribution in [0.15, 0.2) is 9.98 Å². The van der Waals surface area contributed by atoms with Crippen LogP contribution in [0.2, 0.25) is 0 Å². The third kappa shape index (κ3) is 1.73. The number of hydrogen-bond acceptors (Lipinski definition) is 2. The number of hydrogen-bond donors (Lipinski definition) is 1. The molecule has 2 N–H and O–H groups in total. The van der Waals surface area contributed by atoms with Crippen LogP contribution in [0.25, 0.3) is 0 Å². The Morgan fingerprint density at radius 3 is 1.88 bits per heavy atom. The van der Waals surface area contributed by atoms with Gasteiger partial charge in [0.05, 0.1) is 5.71 Å². The van der Waals surface area contributed by atoms with Crippen LogP contribution in [0.1, 0.15) is 6.92 Å². The maximum Gasteiger partial charge on any atom is 0.139 e. The van der Waals surface area contributed by atoms with E-state index in [2.05, 4.69) is 9.98 Å². The highest BCUT2D eigenvalue weighted by Gasteiger charge is 1.90. The zero-order valence-electron chi connectivity index (χ0n) is 5.47. The second kappa shape index (κ2) is 3.18. The second-order valence-electron chi connectivity index (χ2n) is 1.42. The molecule has 0 aromatic rings. The molecule has 0 amide bonds. The van der Waals surface area contributed by atoms with E-state index in [1.54, 1.807) is 14.1 Å². The minimum Gasteiger partial charge on any atom is -0.383 e. The average molecular weight is 113 g/mol. The molecule has 0 rings (SSSR count). The fourth-order valence-corrected chi connectivity index (χ4v) is 0.276. The first-order valence-corrected chi connectivity index (χ1v) is 2.38. The highest BCUT2D eigenvalue weighted by molar-refractivity contribution is 6.39. The molecule has 0 atom stereocenters. The van der Waals surface area contributed by atoms with Crippen LogP contribution in [0.3, 0.4) is 0 Å². The van der Waals surface area contributed by atoms with Gasteiger partial charge < -0.3 is 5.73 Å². The summed E-state index contributed by atoms with van der Waals surface area (Å²) in [6, 6.07) is 0. The summed E-state index contributed by atoms with van der Waals surface area (Å²) < 4.78 is 0. The molecular weight excluding hydrogens is 102 g/mol. The normalized spacial score (nSPS) is 14.4. The van der Waals surface area contributed by atoms with E-state index in [-0.39, 0.29) is 0 Å². The van der Waals surface area contributed by atoms with Gasteiger partial charge in [-0.15, -0.1) is 0 Å². The Morgan fingerprint density at radius 2 is 1.75 bits per heavy atom. The first-order valence-electron chi connectivity index (χ1n) is 2.38. The van der Waals surface area contributed by atoms with Crippen molar-refractivity contribution >= 4 is 11.5 Å². The summed E-state index contributed by atoms with van der Waals surface area (Å²) in [5.41, 5.74) is 6.13. The van der Waals surface area contributed by atoms with Gasteiger partial charge in [-0.25, -0.2) is 0 Å². The highest BCUT2D eigenvalue weighted by atomic mass is 14.9. The average Bonchev–Trinajstić information content (AvgIpc) is 1.84. The van der Waals surface area contributed by atoms with Crippen molar-refractivity contribution < 1.29 is 0 Å². The summed E-state index contributed by atoms with van der Waals surface area (Å²) in [6.45, 7) is 1.82. The maximum absolute atomic E-state index is 5.35. The van der Waals surface area contributed by atoms with E-state index in [9.17, 15) is 0 Å². The van der Waals surface area contributed by atoms with Crippen LogP contribution in [0.5, 0.6) is 0 Å². The van der Waals surface area contributed by atoms with Crippen molar-refractivity contribution in [1.82, 2.24) is 0 Å². The van der Waals surface area contributed by atoms with E-state index in [4.69, 9.17) is 5.73 Å². The first kappa shape index (κ1) is 7.14. The minimum absolute atomic E-state index is 0.507. The third-order valence-electron chi connectivity index (χ3n) is 0.947. The zero-order chi connectivity index (χ0) is 6.57. The van der Waals surface area contributed by atoms with Crippen LogP contribution in [0, 0.1) is 0 Å². The summed E-state index contributed by atoms with van der Waals surface area (Å²) in [6.07, 6.45) is 0. The van der Waals surface area contributed by atoms with Gasteiger partial charge in [0.25, 0.3) is 0 Å². The summed E-state index contributed by atoms with van der Waals surface area (Å²) >= 11 is 0. The molecule has 3 nitrogen and oxygen atoms in total. The molecule has 8 heavy (non-hydrogen) atoms. The van der Waals surface area contributed by atoms with E-state index in [1.807, 2.05) is 6.92 Å². The Hall–Kier alpha value is -0.860. The molecule has 3 heteroatoms. The number of nitrogens with zero attached hydrogens (tertiary/aromatic N) is 2. The van der Waals surface area contributed by atoms with Gasteiger partial charge in [0.1, 0.15) is 5.84 Å². The fourth-order valence-electron chi connectivity index (χ4n) is 0.276. The Balaban J connectivity index is 4.04. The molecule has 0 saturated carbocycles. The van der Waals surface area contributed by atoms with Gasteiger partial charge in [-0.05, 0) is 6.92 Å². The molecule has 0 spiro atoms. The summed E-state index contributed by atoms with van der Waals surface area (Å²) in [5.74, 6) is 0.507. The maximum atomic E-state index is 5.35. The van der Waals surface area contributed by atoms with Gasteiger partial charge in [0, 0.05) is 14.1 Å². The quantitative estimate of drug-likeness (QED) is 0.379. The Bertz CT molecular complexity index is 108. The van der Waals surface area contributed by atoms with Gasteiger partial charge in [0.15, 0.2) is 0 Å². The van der Waals surface area contributed by atoms with Crippen molar-refractivity contribution in [2.45, 2.75) is 6.92 Å². The van der Waals surface area contributed by atoms with E-state index in [0.717, 1.165) is 5.71 Å². The minimum atomic E-state index is 0.507. The monoisotopic (exact) mass is 113 g/mol. The summed E-state index contributed by atoms with van der Waals surface area (Å²) in [5, 5.41) is 0. The smallest absolute Gasteiger partial charge is 0.139 e. The lowest BCUT2D eigenvalue weighted by atomic mass is 10.4. The van der Waals surface area contributed by atoms with Crippen LogP contribution < -0.4 is 5.73 Å². The molecule has 0 aromatic heterocycles. The lowest BCUT2D eigenvalue weighted by Crippen LogP contribution is -2.20. The number of nitrogens with two attached hydrogens (primary N) is 1. The molecule has 46 valence electrons. The topological polar surface area (TPSA) is 50.7 Å². The van der Waals surface area contributed by atoms with Gasteiger partial charge >= 0.3 is 0 Å². The van der Waals surface area contributed by atoms with E-state index >= 15 is 0 Å². The lowest BCUT2D eigenvalue weighted by molar-refractivity contribution is 1.38. The van der Waals surface area contributed by atoms with Crippen LogP contribution in [-0.2, 0) is 0 Å². The van der Waals surface area contributed by atoms with E-state index in [0.29, 0.717) is 5.84 Å². The Labute approximate surface area is 49.3 Å². The number of aliphatic imine (C=N–C) groups is 2. The lowest BCUT2D eigenvalue weighted by Gasteiger charge is -1.92. The molecule has 0 bridgehead atoms. The first-order chi connectivity index (χ1) is 3.72. The fraction of sp³-hybridized carbons (Fsp3) is 0.600. The highest BCUT2D eigenvalue weighted by Crippen LogP contribution is 1.73. The molecule has 0 heterocycles. The van der Waals surface area contributed by atoms with Crippen molar-refractivity contribution in [3.63, 3.8) is 0 Å². The third-order valence-corrected chi connectivity index (χ3v) is 0.947. The standard InChI is InChI=1S/C5H11N3/c1-4(7-2)5(6)8-3/h1-3H3,(H2,6,8). The van der Waals surface area contributed by atoms with Crippen LogP contribution in [0.4, 0.5) is 0 Å². The zero-order valence-corrected chi connectivity index (χ0v) is 5.47. The van der Waals surface area contributed by atoms with Gasteiger partial charge in [-0.2, -0.15) is 0 Å². The van der Waals surface area contributed by atoms with Crippen molar-refractivity contribution in [3.05, 3.63) is 0 Å². The van der Waals surface area contributed by atoms with Crippen molar-refractivity contribution in [1.29, 1.82) is 0 Å². The SMILES string of the molecule is CN=C(C)C(N)=NC. The van der Waals surface area contributed by atoms with Crippen LogP contribution in [-0.4, -0.2) is 25.6 Å². The number of amidine groups is 1. The van der Waals surface area contributed by atoms with Crippen molar-refractivity contribution in [3.8, 4) is 0 Å². The van der Waals surface area contributed by atoms with Crippen LogP contribution >= 0.6 is 0 Å². The molecule has 0 radical (unpaired) electrons. The van der Waals surface area contributed by atoms with Gasteiger partial charge in [0.2, 0.25) is 0 Å². The van der Waals surface area contributed by atoms with Crippen molar-refractivity contribution in [2.24, 2.45) is 15.7 Å². The Kier molecular flexibility index (Phi) is 2.84. The Morgan fingerprint density at radius 1 is 1.25 bits per heavy atom. The predicted octanol–water partition coefficient (Wildman–Crippen LogP) is 0.0641. The molecule has 0 fully saturated rings. The van der Waals surface area contributed by atoms with E-state index in [1.165, 1.54) is 0 Å². The van der Waals surface area contributed by atoms with Crippen molar-refractivity contribution in [2.75, 3.05) is 14.1 Å². The van der Waals surface area contributed by atoms with Gasteiger partial charge in [-0.1, -0.05) is 0 Å². The van der Waals surface area contributed by atoms with E-state index < -0.39 is 0 Å². The molecule has 0 aliphatic rings. The molecular formula is C5H11N3. The predicted molar refractivity (Wildman–Crippen MR) is 36.6 cm³/mol. The summed E-state index contributed by atoms with van der Waals surface area (Å²) in [7, 11) is 3.33.